The zero-order valence-corrected chi connectivity index (χ0v) is 21.2. The number of hydrogen-bond donors (Lipinski definition) is 1. The highest BCUT2D eigenvalue weighted by molar-refractivity contribution is 6.05. The van der Waals surface area contributed by atoms with Gasteiger partial charge >= 0.3 is 0 Å². The van der Waals surface area contributed by atoms with Crippen molar-refractivity contribution in [1.29, 1.82) is 0 Å². The number of pyridine rings is 3. The number of nitrogens with one attached hydrogen (secondary N) is 1. The molecule has 0 fully saturated rings. The fourth-order valence-electron chi connectivity index (χ4n) is 4.08. The molecule has 3 heterocycles. The van der Waals surface area contributed by atoms with Crippen LogP contribution in [0.15, 0.2) is 78.0 Å². The first-order chi connectivity index (χ1) is 18.7. The molecule has 0 aliphatic rings. The third-order valence-corrected chi connectivity index (χ3v) is 6.23. The molecule has 2 aromatic carbocycles. The van der Waals surface area contributed by atoms with Gasteiger partial charge in [0.05, 0.1) is 18.8 Å². The zero-order chi connectivity index (χ0) is 27.7. The maximum atomic E-state index is 15.0. The first kappa shape index (κ1) is 25.5. The molecule has 10 heteroatoms. The van der Waals surface area contributed by atoms with Crippen LogP contribution in [0.3, 0.4) is 0 Å². The number of nitrogens with zero attached hydrogens (tertiary/aromatic N) is 3. The van der Waals surface area contributed by atoms with Gasteiger partial charge in [-0.2, -0.15) is 0 Å². The molecule has 0 aliphatic carbocycles. The summed E-state index contributed by atoms with van der Waals surface area (Å²) in [6.45, 7) is 1.63. The van der Waals surface area contributed by atoms with E-state index in [1.807, 2.05) is 0 Å². The molecule has 196 valence electrons. The van der Waals surface area contributed by atoms with E-state index in [-0.39, 0.29) is 28.3 Å². The summed E-state index contributed by atoms with van der Waals surface area (Å²) in [4.78, 5) is 34.9. The Labute approximate surface area is 221 Å². The average molecular weight is 529 g/mol. The van der Waals surface area contributed by atoms with Crippen molar-refractivity contribution in [3.8, 4) is 28.4 Å². The van der Waals surface area contributed by atoms with E-state index in [2.05, 4.69) is 15.3 Å². The largest absolute Gasteiger partial charge is 0.495 e. The van der Waals surface area contributed by atoms with Crippen LogP contribution in [0.2, 0.25) is 0 Å². The Morgan fingerprint density at radius 2 is 1.77 bits per heavy atom. The number of aromatic nitrogens is 3. The van der Waals surface area contributed by atoms with E-state index < -0.39 is 23.0 Å². The van der Waals surface area contributed by atoms with E-state index in [1.54, 1.807) is 36.9 Å². The molecule has 3 aromatic heterocycles. The first-order valence-corrected chi connectivity index (χ1v) is 11.8. The summed E-state index contributed by atoms with van der Waals surface area (Å²) in [6.07, 6.45) is 4.60. The van der Waals surface area contributed by atoms with Crippen LogP contribution in [0.5, 0.6) is 17.2 Å². The van der Waals surface area contributed by atoms with E-state index >= 15 is 4.39 Å². The van der Waals surface area contributed by atoms with Gasteiger partial charge in [0, 0.05) is 54.6 Å². The number of fused-ring (bicyclic) bond motifs is 1. The second-order valence-electron chi connectivity index (χ2n) is 8.70. The van der Waals surface area contributed by atoms with E-state index in [0.29, 0.717) is 28.0 Å². The average Bonchev–Trinajstić information content (AvgIpc) is 2.92. The van der Waals surface area contributed by atoms with Gasteiger partial charge in [-0.3, -0.25) is 14.6 Å². The quantitative estimate of drug-likeness (QED) is 0.307. The molecule has 1 N–H and O–H groups in total. The number of benzene rings is 2. The number of carbonyl (C=O) groups excluding carboxylic acids is 1. The number of aryl methyl sites for hydroxylation is 1. The normalized spacial score (nSPS) is 10.9. The predicted molar refractivity (Wildman–Crippen MR) is 142 cm³/mol. The zero-order valence-electron chi connectivity index (χ0n) is 21.2. The summed E-state index contributed by atoms with van der Waals surface area (Å²) in [6, 6.07) is 12.6. The van der Waals surface area contributed by atoms with Crippen LogP contribution >= 0.6 is 0 Å². The van der Waals surface area contributed by atoms with Crippen LogP contribution in [0.25, 0.3) is 22.2 Å². The minimum Gasteiger partial charge on any atom is -0.495 e. The number of ether oxygens (including phenoxy) is 2. The van der Waals surface area contributed by atoms with Gasteiger partial charge in [-0.25, -0.2) is 13.8 Å². The van der Waals surface area contributed by atoms with E-state index in [1.165, 1.54) is 55.9 Å². The van der Waals surface area contributed by atoms with Crippen LogP contribution < -0.4 is 20.2 Å². The molecule has 0 aliphatic heterocycles. The molecule has 0 saturated heterocycles. The summed E-state index contributed by atoms with van der Waals surface area (Å²) in [5, 5.41) is 2.59. The van der Waals surface area contributed by atoms with Crippen molar-refractivity contribution >= 4 is 22.6 Å². The molecule has 0 radical (unpaired) electrons. The van der Waals surface area contributed by atoms with Crippen molar-refractivity contribution in [3.63, 3.8) is 0 Å². The van der Waals surface area contributed by atoms with Crippen molar-refractivity contribution in [2.45, 2.75) is 6.92 Å². The molecule has 1 amide bonds. The molecule has 39 heavy (non-hydrogen) atoms. The third kappa shape index (κ3) is 5.04. The van der Waals surface area contributed by atoms with Gasteiger partial charge in [0.1, 0.15) is 22.6 Å². The Morgan fingerprint density at radius 3 is 2.49 bits per heavy atom. The monoisotopic (exact) mass is 528 g/mol. The van der Waals surface area contributed by atoms with Gasteiger partial charge in [0.2, 0.25) is 5.43 Å². The van der Waals surface area contributed by atoms with Crippen LogP contribution in [0.1, 0.15) is 16.1 Å². The van der Waals surface area contributed by atoms with Crippen molar-refractivity contribution in [3.05, 3.63) is 106 Å². The Balaban J connectivity index is 1.41. The predicted octanol–water partition coefficient (Wildman–Crippen LogP) is 5.64. The summed E-state index contributed by atoms with van der Waals surface area (Å²) >= 11 is 0. The summed E-state index contributed by atoms with van der Waals surface area (Å²) < 4.78 is 40.9. The molecule has 5 aromatic rings. The molecular weight excluding hydrogens is 506 g/mol. The second kappa shape index (κ2) is 10.3. The van der Waals surface area contributed by atoms with Gasteiger partial charge in [0.15, 0.2) is 17.3 Å². The Morgan fingerprint density at radius 1 is 1.00 bits per heavy atom. The molecule has 0 bridgehead atoms. The minimum absolute atomic E-state index is 0.0940. The standard InChI is InChI=1S/C29H22F2N4O4/c1-16-26(28(36)21(15-35(16)2)17-4-6-18(30)7-5-17)29(37)34-19-8-9-24(22(31)12-19)39-25-10-11-32-23-13-20(38-3)14-33-27(23)25/h4-15H,1-3H3,(H,34,37). The number of rotatable bonds is 6. The smallest absolute Gasteiger partial charge is 0.261 e. The molecule has 8 nitrogen and oxygen atoms in total. The number of methoxy groups -OCH3 is 1. The van der Waals surface area contributed by atoms with Crippen molar-refractivity contribution in [2.24, 2.45) is 7.05 Å². The van der Waals surface area contributed by atoms with Crippen LogP contribution in [-0.2, 0) is 7.05 Å². The van der Waals surface area contributed by atoms with Gasteiger partial charge in [-0.15, -0.1) is 0 Å². The Kier molecular flexibility index (Phi) is 6.76. The fourth-order valence-corrected chi connectivity index (χ4v) is 4.08. The van der Waals surface area contributed by atoms with E-state index in [4.69, 9.17) is 9.47 Å². The van der Waals surface area contributed by atoms with Crippen molar-refractivity contribution < 1.29 is 23.0 Å². The molecule has 0 atom stereocenters. The second-order valence-corrected chi connectivity index (χ2v) is 8.70. The summed E-state index contributed by atoms with van der Waals surface area (Å²) in [5.41, 5.74) is 1.54. The SMILES string of the molecule is COc1cnc2c(Oc3ccc(NC(=O)c4c(C)n(C)cc(-c5ccc(F)cc5)c4=O)cc3F)ccnc2c1. The number of carbonyl (C=O) groups is 1. The first-order valence-electron chi connectivity index (χ1n) is 11.8. The maximum absolute atomic E-state index is 15.0. The summed E-state index contributed by atoms with van der Waals surface area (Å²) in [7, 11) is 3.21. The van der Waals surface area contributed by atoms with Crippen molar-refractivity contribution in [1.82, 2.24) is 14.5 Å². The lowest BCUT2D eigenvalue weighted by atomic mass is 10.0. The van der Waals surface area contributed by atoms with E-state index in [9.17, 15) is 14.0 Å². The fraction of sp³-hybridized carbons (Fsp3) is 0.103. The highest BCUT2D eigenvalue weighted by Gasteiger charge is 2.20. The minimum atomic E-state index is -0.740. The molecule has 0 saturated carbocycles. The maximum Gasteiger partial charge on any atom is 0.261 e. The van der Waals surface area contributed by atoms with Crippen LogP contribution in [-0.4, -0.2) is 27.6 Å². The number of hydrogen-bond acceptors (Lipinski definition) is 6. The lowest BCUT2D eigenvalue weighted by Gasteiger charge is -2.14. The lowest BCUT2D eigenvalue weighted by Crippen LogP contribution is -2.26. The van der Waals surface area contributed by atoms with Gasteiger partial charge in [0.25, 0.3) is 5.91 Å². The third-order valence-electron chi connectivity index (χ3n) is 6.23. The van der Waals surface area contributed by atoms with Gasteiger partial charge < -0.3 is 19.4 Å². The van der Waals surface area contributed by atoms with Gasteiger partial charge in [-0.1, -0.05) is 12.1 Å². The lowest BCUT2D eigenvalue weighted by molar-refractivity contribution is 0.102. The number of anilines is 1. The van der Waals surface area contributed by atoms with Gasteiger partial charge in [-0.05, 0) is 36.8 Å². The Bertz CT molecular complexity index is 1790. The van der Waals surface area contributed by atoms with Crippen molar-refractivity contribution in [2.75, 3.05) is 12.4 Å². The molecule has 0 spiro atoms. The Hall–Kier alpha value is -5.12. The molecular formula is C29H22F2N4O4. The summed E-state index contributed by atoms with van der Waals surface area (Å²) in [5.74, 6) is -1.17. The van der Waals surface area contributed by atoms with Crippen LogP contribution in [0.4, 0.5) is 14.5 Å². The highest BCUT2D eigenvalue weighted by atomic mass is 19.1. The molecule has 0 unspecified atom stereocenters. The number of amides is 1. The topological polar surface area (TPSA) is 95.3 Å². The van der Waals surface area contributed by atoms with Crippen LogP contribution in [0, 0.1) is 18.6 Å². The number of halogens is 2. The highest BCUT2D eigenvalue weighted by Crippen LogP contribution is 2.31. The van der Waals surface area contributed by atoms with E-state index in [0.717, 1.165) is 6.07 Å². The molecule has 5 rings (SSSR count).